The second kappa shape index (κ2) is 8.00. The van der Waals surface area contributed by atoms with Crippen LogP contribution < -0.4 is 5.46 Å². The van der Waals surface area contributed by atoms with E-state index in [9.17, 15) is 5.11 Å². The van der Waals surface area contributed by atoms with E-state index in [4.69, 9.17) is 9.39 Å². The predicted octanol–water partition coefficient (Wildman–Crippen LogP) is 2.11. The summed E-state index contributed by atoms with van der Waals surface area (Å²) in [5.74, 6) is 0. The van der Waals surface area contributed by atoms with Gasteiger partial charge >= 0.3 is 7.48 Å². The lowest BCUT2D eigenvalue weighted by Gasteiger charge is -2.37. The van der Waals surface area contributed by atoms with Crippen LogP contribution in [0.25, 0.3) is 0 Å². The van der Waals surface area contributed by atoms with Crippen molar-refractivity contribution in [1.29, 1.82) is 0 Å². The molecule has 1 heterocycles. The van der Waals surface area contributed by atoms with Gasteiger partial charge in [0.25, 0.3) is 0 Å². The van der Waals surface area contributed by atoms with E-state index in [1.807, 2.05) is 26.0 Å². The van der Waals surface area contributed by atoms with E-state index in [1.54, 1.807) is 21.3 Å². The van der Waals surface area contributed by atoms with Gasteiger partial charge in [0.15, 0.2) is 0 Å². The Balaban J connectivity index is 1.85. The smallest absolute Gasteiger partial charge is 0.330 e. The third-order valence-electron chi connectivity index (χ3n) is 5.07. The highest BCUT2D eigenvalue weighted by molar-refractivity contribution is 6.47. The number of aliphatic hydroxyl groups is 1. The number of benzene rings is 1. The summed E-state index contributed by atoms with van der Waals surface area (Å²) in [4.78, 5) is 2.34. The molecule has 1 aromatic rings. The largest absolute Gasteiger partial charge is 0.427 e. The Morgan fingerprint density at radius 3 is 2.50 bits per heavy atom. The highest BCUT2D eigenvalue weighted by atomic mass is 16.5. The maximum Gasteiger partial charge on any atom is 0.330 e. The van der Waals surface area contributed by atoms with Gasteiger partial charge in [-0.05, 0) is 53.1 Å². The summed E-state index contributed by atoms with van der Waals surface area (Å²) in [6.07, 6.45) is 2.57. The van der Waals surface area contributed by atoms with Gasteiger partial charge in [0.2, 0.25) is 0 Å². The minimum Gasteiger partial charge on any atom is -0.427 e. The van der Waals surface area contributed by atoms with Crippen LogP contribution in [0.5, 0.6) is 0 Å². The van der Waals surface area contributed by atoms with Gasteiger partial charge in [-0.2, -0.15) is 0 Å². The van der Waals surface area contributed by atoms with Crippen molar-refractivity contribution < 1.29 is 14.5 Å². The van der Waals surface area contributed by atoms with Crippen molar-refractivity contribution in [2.24, 2.45) is 0 Å². The molecule has 133 valence electrons. The zero-order chi connectivity index (χ0) is 17.8. The molecular formula is C19H31BNO3. The summed E-state index contributed by atoms with van der Waals surface area (Å²) < 4.78 is 11.9. The topological polar surface area (TPSA) is 41.9 Å². The van der Waals surface area contributed by atoms with Crippen molar-refractivity contribution in [2.45, 2.75) is 64.4 Å². The second-order valence-electron chi connectivity index (χ2n) is 7.86. The molecule has 4 nitrogen and oxygen atoms in total. The molecule has 0 spiro atoms. The van der Waals surface area contributed by atoms with E-state index < -0.39 is 11.2 Å². The first kappa shape index (κ1) is 19.4. The van der Waals surface area contributed by atoms with Gasteiger partial charge in [0.1, 0.15) is 0 Å². The molecule has 0 saturated carbocycles. The van der Waals surface area contributed by atoms with Crippen LogP contribution in [-0.2, 0) is 16.0 Å². The average Bonchev–Trinajstić information content (AvgIpc) is 2.52. The van der Waals surface area contributed by atoms with Crippen LogP contribution in [-0.4, -0.2) is 54.9 Å². The van der Waals surface area contributed by atoms with Crippen molar-refractivity contribution in [1.82, 2.24) is 4.90 Å². The average molecular weight is 332 g/mol. The van der Waals surface area contributed by atoms with Crippen molar-refractivity contribution in [3.05, 3.63) is 29.8 Å². The quantitative estimate of drug-likeness (QED) is 0.777. The van der Waals surface area contributed by atoms with Gasteiger partial charge in [-0.1, -0.05) is 29.7 Å². The minimum atomic E-state index is -0.918. The normalized spacial score (nSPS) is 17.9. The van der Waals surface area contributed by atoms with Gasteiger partial charge in [-0.3, -0.25) is 0 Å². The van der Waals surface area contributed by atoms with Gasteiger partial charge < -0.3 is 19.4 Å². The number of ether oxygens (including phenoxy) is 1. The standard InChI is InChI=1S/C19H31BNO3/c1-18(2,22)19(3,4)24-20-16-8-6-7-15(13-16)14-23-17-9-11-21(5)12-10-17/h6-8,13,17,22H,9-12,14H2,1-5H3. The fraction of sp³-hybridized carbons (Fsp3) is 0.684. The summed E-state index contributed by atoms with van der Waals surface area (Å²) in [6.45, 7) is 10.1. The van der Waals surface area contributed by atoms with Gasteiger partial charge in [-0.15, -0.1) is 0 Å². The molecule has 0 unspecified atom stereocenters. The van der Waals surface area contributed by atoms with Crippen molar-refractivity contribution in [3.8, 4) is 0 Å². The van der Waals surface area contributed by atoms with Crippen molar-refractivity contribution >= 4 is 12.9 Å². The number of likely N-dealkylation sites (tertiary alicyclic amines) is 1. The SMILES string of the molecule is CN1CCC(OCc2cccc([B]OC(C)(C)C(C)(C)O)c2)CC1. The third-order valence-corrected chi connectivity index (χ3v) is 5.07. The van der Waals surface area contributed by atoms with Crippen molar-refractivity contribution in [2.75, 3.05) is 20.1 Å². The number of rotatable bonds is 7. The molecule has 1 radical (unpaired) electrons. The maximum absolute atomic E-state index is 10.2. The lowest BCUT2D eigenvalue weighted by molar-refractivity contribution is -0.0893. The lowest BCUT2D eigenvalue weighted by Crippen LogP contribution is -2.49. The molecule has 2 rings (SSSR count). The summed E-state index contributed by atoms with van der Waals surface area (Å²) in [7, 11) is 3.88. The summed E-state index contributed by atoms with van der Waals surface area (Å²) in [5.41, 5.74) is 0.551. The summed E-state index contributed by atoms with van der Waals surface area (Å²) >= 11 is 0. The van der Waals surface area contributed by atoms with Gasteiger partial charge in [0.05, 0.1) is 23.9 Å². The van der Waals surface area contributed by atoms with E-state index >= 15 is 0 Å². The Labute approximate surface area is 147 Å². The van der Waals surface area contributed by atoms with Gasteiger partial charge in [-0.25, -0.2) is 0 Å². The Hall–Kier alpha value is -0.875. The molecule has 0 aliphatic carbocycles. The predicted molar refractivity (Wildman–Crippen MR) is 98.6 cm³/mol. The maximum atomic E-state index is 10.2. The summed E-state index contributed by atoms with van der Waals surface area (Å²) in [6, 6.07) is 8.17. The van der Waals surface area contributed by atoms with Crippen LogP contribution in [0.15, 0.2) is 24.3 Å². The molecule has 1 fully saturated rings. The molecule has 1 N–H and O–H groups in total. The van der Waals surface area contributed by atoms with Gasteiger partial charge in [0, 0.05) is 13.1 Å². The highest BCUT2D eigenvalue weighted by Crippen LogP contribution is 2.24. The Morgan fingerprint density at radius 1 is 1.21 bits per heavy atom. The molecule has 1 aromatic carbocycles. The summed E-state index contributed by atoms with van der Waals surface area (Å²) in [5, 5.41) is 10.2. The Morgan fingerprint density at radius 2 is 1.88 bits per heavy atom. The van der Waals surface area contributed by atoms with Crippen LogP contribution in [0.4, 0.5) is 0 Å². The first-order valence-electron chi connectivity index (χ1n) is 8.80. The molecule has 0 aromatic heterocycles. The van der Waals surface area contributed by atoms with E-state index in [0.717, 1.165) is 37.0 Å². The zero-order valence-electron chi connectivity index (χ0n) is 15.7. The van der Waals surface area contributed by atoms with E-state index in [1.165, 1.54) is 0 Å². The molecule has 1 aliphatic rings. The third kappa shape index (κ3) is 5.59. The number of piperidine rings is 1. The molecule has 0 bridgehead atoms. The first-order valence-corrected chi connectivity index (χ1v) is 8.80. The first-order chi connectivity index (χ1) is 11.2. The van der Waals surface area contributed by atoms with Crippen LogP contribution in [0, 0.1) is 0 Å². The van der Waals surface area contributed by atoms with Crippen LogP contribution in [0.3, 0.4) is 0 Å². The minimum absolute atomic E-state index is 0.360. The number of nitrogens with zero attached hydrogens (tertiary/aromatic N) is 1. The molecule has 1 saturated heterocycles. The van der Waals surface area contributed by atoms with Crippen LogP contribution in [0.2, 0.25) is 0 Å². The number of hydrogen-bond acceptors (Lipinski definition) is 4. The second-order valence-corrected chi connectivity index (χ2v) is 7.86. The molecule has 24 heavy (non-hydrogen) atoms. The fourth-order valence-corrected chi connectivity index (χ4v) is 2.48. The molecule has 5 heteroatoms. The highest BCUT2D eigenvalue weighted by Gasteiger charge is 2.35. The van der Waals surface area contributed by atoms with E-state index in [-0.39, 0.29) is 0 Å². The molecule has 0 amide bonds. The fourth-order valence-electron chi connectivity index (χ4n) is 2.48. The number of hydrogen-bond donors (Lipinski definition) is 1. The van der Waals surface area contributed by atoms with Crippen LogP contribution >= 0.6 is 0 Å². The monoisotopic (exact) mass is 332 g/mol. The zero-order valence-corrected chi connectivity index (χ0v) is 15.7. The molecule has 1 aliphatic heterocycles. The lowest BCUT2D eigenvalue weighted by atomic mass is 9.82. The molecule has 0 atom stereocenters. The van der Waals surface area contributed by atoms with Crippen LogP contribution in [0.1, 0.15) is 46.1 Å². The molecular weight excluding hydrogens is 301 g/mol. The Kier molecular flexibility index (Phi) is 6.49. The van der Waals surface area contributed by atoms with Crippen molar-refractivity contribution in [3.63, 3.8) is 0 Å². The Bertz CT molecular complexity index is 520. The van der Waals surface area contributed by atoms with E-state index in [2.05, 4.69) is 24.1 Å². The van der Waals surface area contributed by atoms with E-state index in [0.29, 0.717) is 12.7 Å².